The standard InChI is InChI=1S/C13H17IN2O/c14-11-5-3-10(4-6-11)13(17)16-12-2-1-8-15-9-7-12/h3-6,12,15H,1-2,7-9H2,(H,16,17). The monoisotopic (exact) mass is 344 g/mol. The Kier molecular flexibility index (Phi) is 4.79. The summed E-state index contributed by atoms with van der Waals surface area (Å²) in [7, 11) is 0. The Morgan fingerprint density at radius 3 is 2.76 bits per heavy atom. The van der Waals surface area contributed by atoms with Gasteiger partial charge in [0.1, 0.15) is 0 Å². The van der Waals surface area contributed by atoms with Gasteiger partial charge in [0.05, 0.1) is 0 Å². The van der Waals surface area contributed by atoms with Crippen molar-refractivity contribution in [2.24, 2.45) is 0 Å². The summed E-state index contributed by atoms with van der Waals surface area (Å²) < 4.78 is 1.15. The number of carbonyl (C=O) groups excluding carboxylic acids is 1. The quantitative estimate of drug-likeness (QED) is 0.808. The molecule has 3 nitrogen and oxygen atoms in total. The van der Waals surface area contributed by atoms with E-state index in [4.69, 9.17) is 0 Å². The van der Waals surface area contributed by atoms with E-state index in [1.165, 1.54) is 0 Å². The van der Waals surface area contributed by atoms with Gasteiger partial charge in [-0.05, 0) is 79.2 Å². The van der Waals surface area contributed by atoms with Crippen molar-refractivity contribution < 1.29 is 4.79 Å². The molecule has 1 unspecified atom stereocenters. The van der Waals surface area contributed by atoms with Gasteiger partial charge in [-0.3, -0.25) is 4.79 Å². The van der Waals surface area contributed by atoms with Crippen molar-refractivity contribution in [2.75, 3.05) is 13.1 Å². The van der Waals surface area contributed by atoms with Crippen molar-refractivity contribution in [3.8, 4) is 0 Å². The first-order chi connectivity index (χ1) is 8.25. The van der Waals surface area contributed by atoms with Gasteiger partial charge in [-0.2, -0.15) is 0 Å². The number of nitrogens with one attached hydrogen (secondary N) is 2. The molecule has 2 rings (SSSR count). The number of hydrogen-bond acceptors (Lipinski definition) is 2. The molecule has 0 bridgehead atoms. The van der Waals surface area contributed by atoms with Crippen LogP contribution in [-0.2, 0) is 0 Å². The molecule has 1 aliphatic heterocycles. The average molecular weight is 344 g/mol. The molecule has 1 fully saturated rings. The second kappa shape index (κ2) is 6.35. The summed E-state index contributed by atoms with van der Waals surface area (Å²) in [5, 5.41) is 6.46. The van der Waals surface area contributed by atoms with Crippen LogP contribution in [0.1, 0.15) is 29.6 Å². The highest BCUT2D eigenvalue weighted by Gasteiger charge is 2.15. The van der Waals surface area contributed by atoms with Crippen LogP contribution in [0.3, 0.4) is 0 Å². The lowest BCUT2D eigenvalue weighted by Crippen LogP contribution is -2.35. The Bertz CT molecular complexity index is 370. The van der Waals surface area contributed by atoms with Crippen molar-refractivity contribution >= 4 is 28.5 Å². The van der Waals surface area contributed by atoms with Crippen LogP contribution in [0.2, 0.25) is 0 Å². The molecule has 1 aliphatic rings. The summed E-state index contributed by atoms with van der Waals surface area (Å²) in [5.74, 6) is 0.0494. The Morgan fingerprint density at radius 1 is 1.24 bits per heavy atom. The SMILES string of the molecule is O=C(NC1CCCNCC1)c1ccc(I)cc1. The van der Waals surface area contributed by atoms with Crippen LogP contribution in [0, 0.1) is 3.57 Å². The second-order valence-corrected chi connectivity index (χ2v) is 5.60. The van der Waals surface area contributed by atoms with Crippen molar-refractivity contribution in [2.45, 2.75) is 25.3 Å². The molecule has 92 valence electrons. The first kappa shape index (κ1) is 12.8. The molecule has 4 heteroatoms. The normalized spacial score (nSPS) is 20.6. The van der Waals surface area contributed by atoms with E-state index in [9.17, 15) is 4.79 Å². The lowest BCUT2D eigenvalue weighted by atomic mass is 10.1. The largest absolute Gasteiger partial charge is 0.349 e. The molecule has 1 saturated heterocycles. The fourth-order valence-corrected chi connectivity index (χ4v) is 2.39. The van der Waals surface area contributed by atoms with Gasteiger partial charge >= 0.3 is 0 Å². The van der Waals surface area contributed by atoms with E-state index in [2.05, 4.69) is 33.2 Å². The number of rotatable bonds is 2. The van der Waals surface area contributed by atoms with Crippen LogP contribution < -0.4 is 10.6 Å². The van der Waals surface area contributed by atoms with Gasteiger partial charge in [0, 0.05) is 15.2 Å². The topological polar surface area (TPSA) is 41.1 Å². The minimum atomic E-state index is 0.0494. The lowest BCUT2D eigenvalue weighted by Gasteiger charge is -2.15. The molecular weight excluding hydrogens is 327 g/mol. The number of hydrogen-bond donors (Lipinski definition) is 2. The zero-order valence-corrected chi connectivity index (χ0v) is 11.9. The Labute approximate surface area is 116 Å². The number of halogens is 1. The molecule has 0 aliphatic carbocycles. The molecule has 1 amide bonds. The lowest BCUT2D eigenvalue weighted by molar-refractivity contribution is 0.0934. The minimum Gasteiger partial charge on any atom is -0.349 e. The van der Waals surface area contributed by atoms with Gasteiger partial charge in [0.15, 0.2) is 0 Å². The predicted octanol–water partition coefficient (Wildman–Crippen LogP) is 2.16. The van der Waals surface area contributed by atoms with Gasteiger partial charge < -0.3 is 10.6 Å². The van der Waals surface area contributed by atoms with Crippen LogP contribution in [0.15, 0.2) is 24.3 Å². The van der Waals surface area contributed by atoms with E-state index in [0.29, 0.717) is 6.04 Å². The summed E-state index contributed by atoms with van der Waals surface area (Å²) in [6, 6.07) is 8.00. The van der Waals surface area contributed by atoms with Gasteiger partial charge in [0.25, 0.3) is 5.91 Å². The number of amides is 1. The first-order valence-corrected chi connectivity index (χ1v) is 7.11. The van der Waals surface area contributed by atoms with Crippen molar-refractivity contribution in [1.82, 2.24) is 10.6 Å². The smallest absolute Gasteiger partial charge is 0.251 e. The van der Waals surface area contributed by atoms with Gasteiger partial charge in [0.2, 0.25) is 0 Å². The first-order valence-electron chi connectivity index (χ1n) is 6.03. The third kappa shape index (κ3) is 3.96. The number of carbonyl (C=O) groups is 1. The summed E-state index contributed by atoms with van der Waals surface area (Å²) in [6.45, 7) is 2.06. The van der Waals surface area contributed by atoms with Crippen LogP contribution in [0.25, 0.3) is 0 Å². The zero-order chi connectivity index (χ0) is 12.1. The van der Waals surface area contributed by atoms with E-state index < -0.39 is 0 Å². The maximum atomic E-state index is 12.0. The fourth-order valence-electron chi connectivity index (χ4n) is 2.03. The molecule has 0 radical (unpaired) electrons. The Balaban J connectivity index is 1.93. The maximum Gasteiger partial charge on any atom is 0.251 e. The third-order valence-corrected chi connectivity index (χ3v) is 3.74. The highest BCUT2D eigenvalue weighted by Crippen LogP contribution is 2.09. The fraction of sp³-hybridized carbons (Fsp3) is 0.462. The molecule has 0 spiro atoms. The summed E-state index contributed by atoms with van der Waals surface area (Å²) in [5.41, 5.74) is 0.752. The van der Waals surface area contributed by atoms with E-state index in [1.807, 2.05) is 24.3 Å². The maximum absolute atomic E-state index is 12.0. The van der Waals surface area contributed by atoms with E-state index in [1.54, 1.807) is 0 Å². The molecule has 1 atom stereocenters. The Morgan fingerprint density at radius 2 is 2.00 bits per heavy atom. The van der Waals surface area contributed by atoms with Gasteiger partial charge in [-0.15, -0.1) is 0 Å². The van der Waals surface area contributed by atoms with Crippen LogP contribution in [-0.4, -0.2) is 25.0 Å². The summed E-state index contributed by atoms with van der Waals surface area (Å²) in [6.07, 6.45) is 3.23. The highest BCUT2D eigenvalue weighted by molar-refractivity contribution is 14.1. The molecule has 1 aromatic carbocycles. The predicted molar refractivity (Wildman–Crippen MR) is 77.1 cm³/mol. The molecule has 17 heavy (non-hydrogen) atoms. The van der Waals surface area contributed by atoms with E-state index in [0.717, 1.165) is 41.5 Å². The molecule has 0 aromatic heterocycles. The highest BCUT2D eigenvalue weighted by atomic mass is 127. The molecule has 0 saturated carbocycles. The molecule has 1 heterocycles. The van der Waals surface area contributed by atoms with Crippen LogP contribution in [0.4, 0.5) is 0 Å². The van der Waals surface area contributed by atoms with Crippen LogP contribution in [0.5, 0.6) is 0 Å². The summed E-state index contributed by atoms with van der Waals surface area (Å²) >= 11 is 2.24. The Hall–Kier alpha value is -0.620. The van der Waals surface area contributed by atoms with Gasteiger partial charge in [-0.1, -0.05) is 0 Å². The van der Waals surface area contributed by atoms with Crippen LogP contribution >= 0.6 is 22.6 Å². The third-order valence-electron chi connectivity index (χ3n) is 3.02. The number of benzene rings is 1. The van der Waals surface area contributed by atoms with Crippen molar-refractivity contribution in [3.05, 3.63) is 33.4 Å². The van der Waals surface area contributed by atoms with E-state index >= 15 is 0 Å². The molecule has 2 N–H and O–H groups in total. The summed E-state index contributed by atoms with van der Waals surface area (Å²) in [4.78, 5) is 12.0. The molecular formula is C13H17IN2O. The minimum absolute atomic E-state index is 0.0494. The zero-order valence-electron chi connectivity index (χ0n) is 9.71. The van der Waals surface area contributed by atoms with Gasteiger partial charge in [-0.25, -0.2) is 0 Å². The molecule has 1 aromatic rings. The average Bonchev–Trinajstić information content (AvgIpc) is 2.58. The van der Waals surface area contributed by atoms with E-state index in [-0.39, 0.29) is 5.91 Å². The van der Waals surface area contributed by atoms with Crippen molar-refractivity contribution in [3.63, 3.8) is 0 Å². The van der Waals surface area contributed by atoms with Crippen molar-refractivity contribution in [1.29, 1.82) is 0 Å². The second-order valence-electron chi connectivity index (χ2n) is 4.36.